The number of phenolic OH excluding ortho intramolecular Hbond substituents is 1. The van der Waals surface area contributed by atoms with E-state index in [9.17, 15) is 5.11 Å². The molecule has 3 nitrogen and oxygen atoms in total. The molecule has 116 valence electrons. The first kappa shape index (κ1) is 14.9. The molecule has 3 heteroatoms. The molecule has 0 bridgehead atoms. The molecule has 1 heterocycles. The molecule has 2 aromatic rings. The molecule has 0 radical (unpaired) electrons. The van der Waals surface area contributed by atoms with Crippen LogP contribution in [0.4, 0.5) is 5.69 Å². The number of phenols is 1. The lowest BCUT2D eigenvalue weighted by Crippen LogP contribution is -2.20. The van der Waals surface area contributed by atoms with Crippen molar-refractivity contribution < 1.29 is 5.11 Å². The van der Waals surface area contributed by atoms with E-state index >= 15 is 0 Å². The van der Waals surface area contributed by atoms with Gasteiger partial charge in [-0.05, 0) is 73.7 Å². The summed E-state index contributed by atoms with van der Waals surface area (Å²) in [6.45, 7) is 3.08. The Hall–Kier alpha value is -2.00. The lowest BCUT2D eigenvalue weighted by Gasteiger charge is -2.18. The smallest absolute Gasteiger partial charge is 0.115 e. The third kappa shape index (κ3) is 4.01. The van der Waals surface area contributed by atoms with Crippen molar-refractivity contribution >= 4 is 5.69 Å². The van der Waals surface area contributed by atoms with E-state index in [1.54, 1.807) is 12.1 Å². The summed E-state index contributed by atoms with van der Waals surface area (Å²) in [5, 5.41) is 16.2. The fourth-order valence-corrected chi connectivity index (χ4v) is 2.94. The molecule has 0 spiro atoms. The average Bonchev–Trinajstić information content (AvgIpc) is 2.56. The van der Waals surface area contributed by atoms with Crippen molar-refractivity contribution in [3.8, 4) is 5.75 Å². The number of aryl methyl sites for hydroxylation is 1. The van der Waals surface area contributed by atoms with Crippen LogP contribution in [-0.4, -0.2) is 24.7 Å². The molecule has 0 fully saturated rings. The zero-order valence-electron chi connectivity index (χ0n) is 12.9. The molecule has 0 aromatic heterocycles. The lowest BCUT2D eigenvalue weighted by atomic mass is 9.99. The number of fused-ring (bicyclic) bond motifs is 1. The fraction of sp³-hybridized carbons (Fsp3) is 0.368. The second kappa shape index (κ2) is 7.32. The lowest BCUT2D eigenvalue weighted by molar-refractivity contribution is 0.475. The Balaban J connectivity index is 1.40. The van der Waals surface area contributed by atoms with Gasteiger partial charge in [0.05, 0.1) is 0 Å². The second-order valence-electron chi connectivity index (χ2n) is 5.94. The number of rotatable bonds is 6. The molecule has 2 aromatic carbocycles. The van der Waals surface area contributed by atoms with E-state index in [2.05, 4.69) is 28.8 Å². The Kier molecular flexibility index (Phi) is 4.96. The van der Waals surface area contributed by atoms with Crippen LogP contribution in [0.5, 0.6) is 5.75 Å². The summed E-state index contributed by atoms with van der Waals surface area (Å²) in [6, 6.07) is 14.3. The van der Waals surface area contributed by atoms with Crippen LogP contribution in [-0.2, 0) is 19.3 Å². The summed E-state index contributed by atoms with van der Waals surface area (Å²) in [6.07, 6.45) is 4.50. The standard InChI is InChI=1S/C19H24N2O/c22-18-6-3-15(4-7-18)9-12-20-13-10-16-5-8-19-17(14-16)2-1-11-21-19/h3-8,14,20-22H,1-2,9-13H2. The Morgan fingerprint density at radius 3 is 2.50 bits per heavy atom. The maximum atomic E-state index is 9.26. The van der Waals surface area contributed by atoms with E-state index in [-0.39, 0.29) is 0 Å². The molecule has 0 atom stereocenters. The maximum Gasteiger partial charge on any atom is 0.115 e. The van der Waals surface area contributed by atoms with E-state index < -0.39 is 0 Å². The molecular weight excluding hydrogens is 272 g/mol. The van der Waals surface area contributed by atoms with Crippen LogP contribution >= 0.6 is 0 Å². The minimum atomic E-state index is 0.332. The first-order valence-corrected chi connectivity index (χ1v) is 8.15. The molecule has 3 rings (SSSR count). The number of nitrogens with one attached hydrogen (secondary N) is 2. The average molecular weight is 296 g/mol. The molecule has 1 aliphatic heterocycles. The summed E-state index contributed by atoms with van der Waals surface area (Å²) in [7, 11) is 0. The molecule has 0 saturated heterocycles. The van der Waals surface area contributed by atoms with E-state index in [0.717, 1.165) is 32.5 Å². The molecule has 1 aliphatic rings. The van der Waals surface area contributed by atoms with Crippen molar-refractivity contribution in [2.24, 2.45) is 0 Å². The van der Waals surface area contributed by atoms with Gasteiger partial charge in [-0.2, -0.15) is 0 Å². The molecular formula is C19H24N2O. The van der Waals surface area contributed by atoms with E-state index in [4.69, 9.17) is 0 Å². The summed E-state index contributed by atoms with van der Waals surface area (Å²) < 4.78 is 0. The minimum absolute atomic E-state index is 0.332. The van der Waals surface area contributed by atoms with Crippen LogP contribution in [0.2, 0.25) is 0 Å². The van der Waals surface area contributed by atoms with Gasteiger partial charge >= 0.3 is 0 Å². The van der Waals surface area contributed by atoms with Crippen molar-refractivity contribution in [1.29, 1.82) is 0 Å². The monoisotopic (exact) mass is 296 g/mol. The highest BCUT2D eigenvalue weighted by molar-refractivity contribution is 5.54. The Bertz CT molecular complexity index is 607. The zero-order chi connectivity index (χ0) is 15.2. The van der Waals surface area contributed by atoms with Gasteiger partial charge in [0.25, 0.3) is 0 Å². The van der Waals surface area contributed by atoms with Gasteiger partial charge in [-0.15, -0.1) is 0 Å². The van der Waals surface area contributed by atoms with E-state index in [0.29, 0.717) is 5.75 Å². The fourth-order valence-electron chi connectivity index (χ4n) is 2.94. The van der Waals surface area contributed by atoms with Crippen molar-refractivity contribution in [1.82, 2.24) is 5.32 Å². The summed E-state index contributed by atoms with van der Waals surface area (Å²) in [5.74, 6) is 0.332. The van der Waals surface area contributed by atoms with Crippen molar-refractivity contribution in [2.75, 3.05) is 25.0 Å². The van der Waals surface area contributed by atoms with E-state index in [1.165, 1.54) is 35.2 Å². The molecule has 0 saturated carbocycles. The topological polar surface area (TPSA) is 44.3 Å². The SMILES string of the molecule is Oc1ccc(CCNCCc2ccc3c(c2)CCCN3)cc1. The first-order valence-electron chi connectivity index (χ1n) is 8.15. The van der Waals surface area contributed by atoms with Gasteiger partial charge in [0.2, 0.25) is 0 Å². The highest BCUT2D eigenvalue weighted by Crippen LogP contribution is 2.22. The van der Waals surface area contributed by atoms with Gasteiger partial charge in [-0.3, -0.25) is 0 Å². The van der Waals surface area contributed by atoms with Gasteiger partial charge < -0.3 is 15.7 Å². The summed E-state index contributed by atoms with van der Waals surface area (Å²) in [4.78, 5) is 0. The van der Waals surface area contributed by atoms with Gasteiger partial charge in [-0.1, -0.05) is 24.3 Å². The van der Waals surface area contributed by atoms with Crippen LogP contribution in [0.3, 0.4) is 0 Å². The Labute approximate surface area is 132 Å². The van der Waals surface area contributed by atoms with Crippen molar-refractivity contribution in [2.45, 2.75) is 25.7 Å². The van der Waals surface area contributed by atoms with Crippen LogP contribution < -0.4 is 10.6 Å². The normalized spacial score (nSPS) is 13.5. The highest BCUT2D eigenvalue weighted by Gasteiger charge is 2.08. The first-order chi connectivity index (χ1) is 10.8. The molecule has 22 heavy (non-hydrogen) atoms. The number of benzene rings is 2. The molecule has 3 N–H and O–H groups in total. The van der Waals surface area contributed by atoms with Crippen LogP contribution in [0, 0.1) is 0 Å². The third-order valence-corrected chi connectivity index (χ3v) is 4.23. The van der Waals surface area contributed by atoms with Gasteiger partial charge in [0.1, 0.15) is 5.75 Å². The highest BCUT2D eigenvalue weighted by atomic mass is 16.3. The minimum Gasteiger partial charge on any atom is -0.508 e. The van der Waals surface area contributed by atoms with Crippen molar-refractivity contribution in [3.05, 3.63) is 59.2 Å². The largest absolute Gasteiger partial charge is 0.508 e. The quantitative estimate of drug-likeness (QED) is 0.718. The van der Waals surface area contributed by atoms with Crippen molar-refractivity contribution in [3.63, 3.8) is 0 Å². The van der Waals surface area contributed by atoms with Gasteiger partial charge in [-0.25, -0.2) is 0 Å². The van der Waals surface area contributed by atoms with E-state index in [1.807, 2.05) is 12.1 Å². The number of aromatic hydroxyl groups is 1. The molecule has 0 amide bonds. The Morgan fingerprint density at radius 1 is 0.955 bits per heavy atom. The maximum absolute atomic E-state index is 9.26. The van der Waals surface area contributed by atoms with Gasteiger partial charge in [0, 0.05) is 12.2 Å². The molecule has 0 unspecified atom stereocenters. The molecule has 0 aliphatic carbocycles. The summed E-state index contributed by atoms with van der Waals surface area (Å²) in [5.41, 5.74) is 5.45. The van der Waals surface area contributed by atoms with Crippen LogP contribution in [0.25, 0.3) is 0 Å². The van der Waals surface area contributed by atoms with Gasteiger partial charge in [0.15, 0.2) is 0 Å². The van der Waals surface area contributed by atoms with Crippen LogP contribution in [0.1, 0.15) is 23.1 Å². The zero-order valence-corrected chi connectivity index (χ0v) is 12.9. The number of hydrogen-bond donors (Lipinski definition) is 3. The van der Waals surface area contributed by atoms with Crippen LogP contribution in [0.15, 0.2) is 42.5 Å². The Morgan fingerprint density at radius 2 is 1.68 bits per heavy atom. The number of anilines is 1. The number of hydrogen-bond acceptors (Lipinski definition) is 3. The second-order valence-corrected chi connectivity index (χ2v) is 5.94. The third-order valence-electron chi connectivity index (χ3n) is 4.23. The summed E-state index contributed by atoms with van der Waals surface area (Å²) >= 11 is 0. The predicted molar refractivity (Wildman–Crippen MR) is 91.6 cm³/mol. The predicted octanol–water partition coefficient (Wildman–Crippen LogP) is 3.13.